The Morgan fingerprint density at radius 1 is 1.15 bits per heavy atom. The molecule has 13 heavy (non-hydrogen) atoms. The van der Waals surface area contributed by atoms with E-state index < -0.39 is 0 Å². The van der Waals surface area contributed by atoms with Crippen molar-refractivity contribution in [2.24, 2.45) is 0 Å². The van der Waals surface area contributed by atoms with Crippen LogP contribution in [0.2, 0.25) is 0 Å². The molecule has 2 heteroatoms. The molecule has 80 valence electrons. The zero-order valence-electron chi connectivity index (χ0n) is 9.93. The van der Waals surface area contributed by atoms with Crippen LogP contribution in [0.25, 0.3) is 0 Å². The molecule has 0 aromatic rings. The summed E-state index contributed by atoms with van der Waals surface area (Å²) in [6, 6.07) is 1.50. The van der Waals surface area contributed by atoms with E-state index in [4.69, 9.17) is 0 Å². The third-order valence-electron chi connectivity index (χ3n) is 2.67. The second-order valence-electron chi connectivity index (χ2n) is 3.69. The molecular weight excluding hydrogens is 160 g/mol. The van der Waals surface area contributed by atoms with E-state index in [9.17, 15) is 0 Å². The highest BCUT2D eigenvalue weighted by atomic mass is 15.2. The van der Waals surface area contributed by atoms with Crippen molar-refractivity contribution in [3.63, 3.8) is 0 Å². The highest BCUT2D eigenvalue weighted by Gasteiger charge is 2.18. The molecule has 0 saturated carbocycles. The number of piperidine rings is 1. The zero-order chi connectivity index (χ0) is 10.3. The second kappa shape index (κ2) is 7.34. The number of hydrogen-bond acceptors (Lipinski definition) is 2. The van der Waals surface area contributed by atoms with Crippen molar-refractivity contribution < 1.29 is 0 Å². The first-order chi connectivity index (χ1) is 6.24. The summed E-state index contributed by atoms with van der Waals surface area (Å²) in [5.74, 6) is 0. The van der Waals surface area contributed by atoms with E-state index in [1.54, 1.807) is 0 Å². The van der Waals surface area contributed by atoms with E-state index in [0.717, 1.165) is 12.1 Å². The van der Waals surface area contributed by atoms with Gasteiger partial charge in [0.2, 0.25) is 0 Å². The average molecular weight is 186 g/mol. The van der Waals surface area contributed by atoms with Gasteiger partial charge in [0.15, 0.2) is 0 Å². The molecule has 0 spiro atoms. The summed E-state index contributed by atoms with van der Waals surface area (Å²) in [6.45, 7) is 11.1. The Hall–Kier alpha value is -0.0800. The lowest BCUT2D eigenvalue weighted by Crippen LogP contribution is -2.43. The number of nitrogens with one attached hydrogen (secondary N) is 1. The maximum Gasteiger partial charge on any atom is 0.00884 e. The van der Waals surface area contributed by atoms with E-state index in [-0.39, 0.29) is 0 Å². The van der Waals surface area contributed by atoms with Crippen LogP contribution in [-0.4, -0.2) is 37.1 Å². The average Bonchev–Trinajstić information content (AvgIpc) is 2.21. The molecule has 1 N–H and O–H groups in total. The van der Waals surface area contributed by atoms with Gasteiger partial charge in [-0.25, -0.2) is 0 Å². The van der Waals surface area contributed by atoms with Crippen LogP contribution in [0.1, 0.15) is 40.5 Å². The molecule has 1 saturated heterocycles. The molecule has 0 aliphatic carbocycles. The molecule has 1 aliphatic rings. The predicted molar refractivity (Wildman–Crippen MR) is 60.1 cm³/mol. The summed E-state index contributed by atoms with van der Waals surface area (Å²) in [7, 11) is 2.07. The first-order valence-electron chi connectivity index (χ1n) is 5.65. The van der Waals surface area contributed by atoms with Crippen LogP contribution in [-0.2, 0) is 0 Å². The highest BCUT2D eigenvalue weighted by molar-refractivity contribution is 4.77. The Morgan fingerprint density at radius 2 is 1.62 bits per heavy atom. The maximum atomic E-state index is 3.34. The molecule has 0 bridgehead atoms. The maximum absolute atomic E-state index is 3.34. The van der Waals surface area contributed by atoms with Gasteiger partial charge in [-0.2, -0.15) is 0 Å². The molecule has 0 aromatic heterocycles. The van der Waals surface area contributed by atoms with E-state index >= 15 is 0 Å². The quantitative estimate of drug-likeness (QED) is 0.710. The predicted octanol–water partition coefficient (Wildman–Crippen LogP) is 2.10. The van der Waals surface area contributed by atoms with Crippen molar-refractivity contribution in [3.05, 3.63) is 0 Å². The highest BCUT2D eigenvalue weighted by Crippen LogP contribution is 2.11. The van der Waals surface area contributed by atoms with Crippen LogP contribution in [0.4, 0.5) is 0 Å². The number of hydrogen-bond donors (Lipinski definition) is 1. The topological polar surface area (TPSA) is 15.3 Å². The minimum Gasteiger partial charge on any atom is -0.317 e. The zero-order valence-corrected chi connectivity index (χ0v) is 9.93. The van der Waals surface area contributed by atoms with Crippen molar-refractivity contribution in [1.82, 2.24) is 10.2 Å². The van der Waals surface area contributed by atoms with Crippen molar-refractivity contribution in [2.45, 2.75) is 52.6 Å². The van der Waals surface area contributed by atoms with E-state index in [0.29, 0.717) is 0 Å². The molecular formula is C11H26N2. The monoisotopic (exact) mass is 186 g/mol. The van der Waals surface area contributed by atoms with Crippen molar-refractivity contribution in [3.8, 4) is 0 Å². The molecule has 1 fully saturated rings. The number of rotatable bonds is 2. The van der Waals surface area contributed by atoms with Crippen LogP contribution in [0.5, 0.6) is 0 Å². The van der Waals surface area contributed by atoms with Gasteiger partial charge in [0.25, 0.3) is 0 Å². The van der Waals surface area contributed by atoms with E-state index in [1.807, 2.05) is 13.8 Å². The fourth-order valence-corrected chi connectivity index (χ4v) is 1.70. The van der Waals surface area contributed by atoms with Gasteiger partial charge in [-0.15, -0.1) is 0 Å². The molecule has 0 amide bonds. The van der Waals surface area contributed by atoms with Gasteiger partial charge in [-0.1, -0.05) is 13.8 Å². The smallest absolute Gasteiger partial charge is 0.00884 e. The summed E-state index contributed by atoms with van der Waals surface area (Å²) < 4.78 is 0. The second-order valence-corrected chi connectivity index (χ2v) is 3.69. The van der Waals surface area contributed by atoms with Crippen LogP contribution >= 0.6 is 0 Å². The number of nitrogens with zero attached hydrogens (tertiary/aromatic N) is 1. The summed E-state index contributed by atoms with van der Waals surface area (Å²) in [6.07, 6.45) is 2.63. The third kappa shape index (κ3) is 4.63. The summed E-state index contributed by atoms with van der Waals surface area (Å²) in [5, 5.41) is 3.34. The van der Waals surface area contributed by atoms with Gasteiger partial charge in [0.1, 0.15) is 0 Å². The standard InChI is InChI=1S/C9H20N2.C2H6/c1-8(2)11-6-4-9(10-3)5-7-11;1-2/h8-10H,4-7H2,1-3H3;1-2H3. The molecule has 2 nitrogen and oxygen atoms in total. The largest absolute Gasteiger partial charge is 0.317 e. The molecule has 0 radical (unpaired) electrons. The lowest BCUT2D eigenvalue weighted by molar-refractivity contribution is 0.164. The molecule has 1 rings (SSSR count). The Morgan fingerprint density at radius 3 is 1.92 bits per heavy atom. The van der Waals surface area contributed by atoms with Gasteiger partial charge in [0, 0.05) is 12.1 Å². The fourth-order valence-electron chi connectivity index (χ4n) is 1.70. The van der Waals surface area contributed by atoms with Crippen LogP contribution < -0.4 is 5.32 Å². The molecule has 1 aliphatic heterocycles. The minimum absolute atomic E-state index is 0.729. The van der Waals surface area contributed by atoms with Crippen molar-refractivity contribution >= 4 is 0 Å². The Kier molecular flexibility index (Phi) is 7.29. The molecule has 0 atom stereocenters. The first-order valence-corrected chi connectivity index (χ1v) is 5.65. The fraction of sp³-hybridized carbons (Fsp3) is 1.00. The molecule has 0 aromatic carbocycles. The van der Waals surface area contributed by atoms with Gasteiger partial charge < -0.3 is 10.2 Å². The van der Waals surface area contributed by atoms with Gasteiger partial charge in [0.05, 0.1) is 0 Å². The van der Waals surface area contributed by atoms with Gasteiger partial charge in [-0.3, -0.25) is 0 Å². The van der Waals surface area contributed by atoms with Gasteiger partial charge >= 0.3 is 0 Å². The van der Waals surface area contributed by atoms with Gasteiger partial charge in [-0.05, 0) is 46.8 Å². The molecule has 1 heterocycles. The third-order valence-corrected chi connectivity index (χ3v) is 2.67. The SMILES string of the molecule is CC.CNC1CCN(C(C)C)CC1. The minimum atomic E-state index is 0.729. The number of likely N-dealkylation sites (tertiary alicyclic amines) is 1. The van der Waals surface area contributed by atoms with Crippen LogP contribution in [0.15, 0.2) is 0 Å². The van der Waals surface area contributed by atoms with Crippen LogP contribution in [0, 0.1) is 0 Å². The lowest BCUT2D eigenvalue weighted by Gasteiger charge is -2.34. The first kappa shape index (κ1) is 12.9. The van der Waals surface area contributed by atoms with Crippen molar-refractivity contribution in [1.29, 1.82) is 0 Å². The summed E-state index contributed by atoms with van der Waals surface area (Å²) >= 11 is 0. The van der Waals surface area contributed by atoms with E-state index in [2.05, 4.69) is 31.1 Å². The Balaban J connectivity index is 0.000000671. The molecule has 0 unspecified atom stereocenters. The normalized spacial score (nSPS) is 19.8. The van der Waals surface area contributed by atoms with Crippen molar-refractivity contribution in [2.75, 3.05) is 20.1 Å². The summed E-state index contributed by atoms with van der Waals surface area (Å²) in [5.41, 5.74) is 0. The lowest BCUT2D eigenvalue weighted by atomic mass is 10.0. The van der Waals surface area contributed by atoms with Crippen LogP contribution in [0.3, 0.4) is 0 Å². The van der Waals surface area contributed by atoms with E-state index in [1.165, 1.54) is 25.9 Å². The summed E-state index contributed by atoms with van der Waals surface area (Å²) in [4.78, 5) is 2.55. The Bertz CT molecular complexity index is 105. The Labute approximate surface area is 83.7 Å².